The van der Waals surface area contributed by atoms with Crippen LogP contribution in [-0.4, -0.2) is 24.4 Å². The van der Waals surface area contributed by atoms with Crippen LogP contribution in [0.1, 0.15) is 44.9 Å². The molecule has 1 atom stereocenters. The number of fused-ring (bicyclic) bond motifs is 1. The summed E-state index contributed by atoms with van der Waals surface area (Å²) in [6, 6.07) is 5.59. The second-order valence-electron chi connectivity index (χ2n) is 6.33. The molecule has 0 bridgehead atoms. The molecule has 1 amide bonds. The number of amides is 1. The monoisotopic (exact) mass is 303 g/mol. The van der Waals surface area contributed by atoms with E-state index in [9.17, 15) is 4.79 Å². The summed E-state index contributed by atoms with van der Waals surface area (Å²) in [7, 11) is 0. The van der Waals surface area contributed by atoms with E-state index in [4.69, 9.17) is 14.2 Å². The molecule has 0 radical (unpaired) electrons. The summed E-state index contributed by atoms with van der Waals surface area (Å²) in [6.07, 6.45) is 6.79. The van der Waals surface area contributed by atoms with Gasteiger partial charge in [0.15, 0.2) is 11.5 Å². The molecule has 2 heterocycles. The van der Waals surface area contributed by atoms with Crippen LogP contribution in [0.5, 0.6) is 11.5 Å². The first-order valence-corrected chi connectivity index (χ1v) is 8.19. The van der Waals surface area contributed by atoms with Gasteiger partial charge in [-0.2, -0.15) is 0 Å². The molecule has 22 heavy (non-hydrogen) atoms. The van der Waals surface area contributed by atoms with Gasteiger partial charge in [0.1, 0.15) is 6.10 Å². The highest BCUT2D eigenvalue weighted by Gasteiger charge is 2.42. The van der Waals surface area contributed by atoms with Crippen LogP contribution in [0.4, 0.5) is 5.69 Å². The van der Waals surface area contributed by atoms with Crippen molar-refractivity contribution in [3.8, 4) is 11.5 Å². The SMILES string of the molecule is O=C(Nc1ccc2c(c1)OC1(CCCCC1)O2)[C@@H]1CCCO1. The molecule has 1 saturated heterocycles. The smallest absolute Gasteiger partial charge is 0.253 e. The Kier molecular flexibility index (Phi) is 3.45. The molecule has 4 rings (SSSR count). The van der Waals surface area contributed by atoms with Crippen LogP contribution in [0.2, 0.25) is 0 Å². The van der Waals surface area contributed by atoms with Gasteiger partial charge in [0, 0.05) is 31.2 Å². The molecule has 5 heteroatoms. The number of carbonyl (C=O) groups is 1. The molecule has 1 aromatic rings. The van der Waals surface area contributed by atoms with Gasteiger partial charge in [-0.3, -0.25) is 4.79 Å². The maximum absolute atomic E-state index is 12.1. The van der Waals surface area contributed by atoms with Crippen LogP contribution in [0.15, 0.2) is 18.2 Å². The van der Waals surface area contributed by atoms with Crippen LogP contribution >= 0.6 is 0 Å². The van der Waals surface area contributed by atoms with E-state index in [0.29, 0.717) is 6.61 Å². The number of hydrogen-bond donors (Lipinski definition) is 1. The lowest BCUT2D eigenvalue weighted by atomic mass is 9.94. The summed E-state index contributed by atoms with van der Waals surface area (Å²) in [5.74, 6) is 0.949. The van der Waals surface area contributed by atoms with Crippen LogP contribution in [0.3, 0.4) is 0 Å². The Hall–Kier alpha value is -1.75. The zero-order valence-corrected chi connectivity index (χ0v) is 12.6. The molecule has 3 aliphatic rings. The van der Waals surface area contributed by atoms with Gasteiger partial charge in [-0.15, -0.1) is 0 Å². The van der Waals surface area contributed by atoms with Crippen molar-refractivity contribution in [1.82, 2.24) is 0 Å². The fourth-order valence-corrected chi connectivity index (χ4v) is 3.47. The molecule has 0 aromatic heterocycles. The quantitative estimate of drug-likeness (QED) is 0.911. The molecule has 1 aromatic carbocycles. The first kappa shape index (κ1) is 13.9. The van der Waals surface area contributed by atoms with Crippen LogP contribution < -0.4 is 14.8 Å². The average Bonchev–Trinajstić information content (AvgIpc) is 3.15. The maximum atomic E-state index is 12.1. The molecular formula is C17H21NO4. The highest BCUT2D eigenvalue weighted by Crippen LogP contribution is 2.46. The lowest BCUT2D eigenvalue weighted by Crippen LogP contribution is -2.40. The number of carbonyl (C=O) groups excluding carboxylic acids is 1. The van der Waals surface area contributed by atoms with Crippen molar-refractivity contribution in [2.24, 2.45) is 0 Å². The van der Waals surface area contributed by atoms with Crippen molar-refractivity contribution >= 4 is 11.6 Å². The van der Waals surface area contributed by atoms with Gasteiger partial charge in [-0.25, -0.2) is 0 Å². The fraction of sp³-hybridized carbons (Fsp3) is 0.588. The summed E-state index contributed by atoms with van der Waals surface area (Å²) in [4.78, 5) is 12.1. The van der Waals surface area contributed by atoms with E-state index in [1.54, 1.807) is 0 Å². The van der Waals surface area contributed by atoms with E-state index in [1.807, 2.05) is 18.2 Å². The van der Waals surface area contributed by atoms with Gasteiger partial charge in [0.05, 0.1) is 0 Å². The molecule has 118 valence electrons. The molecule has 2 fully saturated rings. The van der Waals surface area contributed by atoms with Gasteiger partial charge in [0.2, 0.25) is 0 Å². The van der Waals surface area contributed by atoms with Gasteiger partial charge in [-0.1, -0.05) is 6.42 Å². The lowest BCUT2D eigenvalue weighted by Gasteiger charge is -2.31. The van der Waals surface area contributed by atoms with Crippen LogP contribution in [0, 0.1) is 0 Å². The number of ether oxygens (including phenoxy) is 3. The van der Waals surface area contributed by atoms with Gasteiger partial charge in [0.25, 0.3) is 11.7 Å². The van der Waals surface area contributed by atoms with E-state index < -0.39 is 5.79 Å². The highest BCUT2D eigenvalue weighted by molar-refractivity contribution is 5.94. The number of hydrogen-bond acceptors (Lipinski definition) is 4. The second kappa shape index (κ2) is 5.47. The van der Waals surface area contributed by atoms with Crippen LogP contribution in [0.25, 0.3) is 0 Å². The van der Waals surface area contributed by atoms with Crippen molar-refractivity contribution < 1.29 is 19.0 Å². The van der Waals surface area contributed by atoms with Gasteiger partial charge < -0.3 is 19.5 Å². The van der Waals surface area contributed by atoms with Crippen molar-refractivity contribution in [2.45, 2.75) is 56.8 Å². The Morgan fingerprint density at radius 2 is 1.91 bits per heavy atom. The third kappa shape index (κ3) is 2.54. The zero-order chi connectivity index (χ0) is 15.0. The van der Waals surface area contributed by atoms with E-state index >= 15 is 0 Å². The molecule has 5 nitrogen and oxygen atoms in total. The number of benzene rings is 1. The minimum atomic E-state index is -0.474. The van der Waals surface area contributed by atoms with Gasteiger partial charge in [-0.05, 0) is 37.8 Å². The molecule has 0 unspecified atom stereocenters. The lowest BCUT2D eigenvalue weighted by molar-refractivity contribution is -0.124. The summed E-state index contributed by atoms with van der Waals surface area (Å²) < 4.78 is 17.5. The van der Waals surface area contributed by atoms with Crippen LogP contribution in [-0.2, 0) is 9.53 Å². The Morgan fingerprint density at radius 3 is 2.68 bits per heavy atom. The number of rotatable bonds is 2. The minimum Gasteiger partial charge on any atom is -0.448 e. The summed E-state index contributed by atoms with van der Waals surface area (Å²) >= 11 is 0. The van der Waals surface area contributed by atoms with Crippen molar-refractivity contribution in [3.63, 3.8) is 0 Å². The van der Waals surface area contributed by atoms with E-state index in [-0.39, 0.29) is 12.0 Å². The zero-order valence-electron chi connectivity index (χ0n) is 12.6. The van der Waals surface area contributed by atoms with Crippen molar-refractivity contribution in [3.05, 3.63) is 18.2 Å². The molecule has 1 N–H and O–H groups in total. The molecule has 1 spiro atoms. The molecular weight excluding hydrogens is 282 g/mol. The largest absolute Gasteiger partial charge is 0.448 e. The van der Waals surface area contributed by atoms with E-state index in [0.717, 1.165) is 55.7 Å². The predicted octanol–water partition coefficient (Wildman–Crippen LogP) is 3.24. The summed E-state index contributed by atoms with van der Waals surface area (Å²) in [5, 5.41) is 2.91. The Balaban J connectivity index is 1.47. The first-order chi connectivity index (χ1) is 10.7. The summed E-state index contributed by atoms with van der Waals surface area (Å²) in [5.41, 5.74) is 0.732. The van der Waals surface area contributed by atoms with E-state index in [1.165, 1.54) is 6.42 Å². The second-order valence-corrected chi connectivity index (χ2v) is 6.33. The third-order valence-electron chi connectivity index (χ3n) is 4.64. The van der Waals surface area contributed by atoms with Crippen molar-refractivity contribution in [2.75, 3.05) is 11.9 Å². The Labute approximate surface area is 129 Å². The normalized spacial score (nSPS) is 25.4. The maximum Gasteiger partial charge on any atom is 0.253 e. The number of anilines is 1. The topological polar surface area (TPSA) is 56.8 Å². The minimum absolute atomic E-state index is 0.0799. The Morgan fingerprint density at radius 1 is 1.09 bits per heavy atom. The standard InChI is InChI=1S/C17H21NO4/c19-16(14-5-4-10-20-14)18-12-6-7-13-15(11-12)22-17(21-13)8-2-1-3-9-17/h6-7,11,14H,1-5,8-10H2,(H,18,19)/t14-/m0/s1. The third-order valence-corrected chi connectivity index (χ3v) is 4.64. The predicted molar refractivity (Wildman–Crippen MR) is 81.1 cm³/mol. The van der Waals surface area contributed by atoms with E-state index in [2.05, 4.69) is 5.32 Å². The number of nitrogens with one attached hydrogen (secondary N) is 1. The molecule has 2 aliphatic heterocycles. The fourth-order valence-electron chi connectivity index (χ4n) is 3.47. The highest BCUT2D eigenvalue weighted by atomic mass is 16.7. The Bertz CT molecular complexity index is 574. The van der Waals surface area contributed by atoms with Crippen molar-refractivity contribution in [1.29, 1.82) is 0 Å². The van der Waals surface area contributed by atoms with Gasteiger partial charge >= 0.3 is 0 Å². The molecule has 1 saturated carbocycles. The first-order valence-electron chi connectivity index (χ1n) is 8.19. The summed E-state index contributed by atoms with van der Waals surface area (Å²) in [6.45, 7) is 0.668. The molecule has 1 aliphatic carbocycles. The average molecular weight is 303 g/mol.